The molecule has 0 spiro atoms. The van der Waals surface area contributed by atoms with Crippen molar-refractivity contribution < 1.29 is 9.53 Å². The number of nitrogens with zero attached hydrogens (tertiary/aromatic N) is 4. The van der Waals surface area contributed by atoms with Crippen molar-refractivity contribution in [3.63, 3.8) is 0 Å². The number of aromatic nitrogens is 3. The van der Waals surface area contributed by atoms with Crippen molar-refractivity contribution in [3.05, 3.63) is 71.5 Å². The second-order valence-electron chi connectivity index (χ2n) is 6.20. The number of hydrogen-bond donors (Lipinski definition) is 1. The minimum absolute atomic E-state index is 0.163. The zero-order valence-corrected chi connectivity index (χ0v) is 16.9. The van der Waals surface area contributed by atoms with Crippen molar-refractivity contribution in [2.24, 2.45) is 0 Å². The Morgan fingerprint density at radius 2 is 1.93 bits per heavy atom. The molecule has 29 heavy (non-hydrogen) atoms. The van der Waals surface area contributed by atoms with E-state index in [9.17, 15) is 4.79 Å². The van der Waals surface area contributed by atoms with Crippen LogP contribution in [0, 0.1) is 11.3 Å². The highest BCUT2D eigenvalue weighted by Gasteiger charge is 2.15. The van der Waals surface area contributed by atoms with Crippen molar-refractivity contribution in [1.82, 2.24) is 14.8 Å². The summed E-state index contributed by atoms with van der Waals surface area (Å²) >= 11 is 1.31. The standard InChI is InChI=1S/C21H21N5O2S/c1-28-12-11-26-19(13-16-7-3-2-4-8-16)24-25-21(26)29-15-20(27)23-18-10-6-5-9-17(18)14-22/h2-10H,11-13,15H2,1H3,(H,23,27). The molecule has 148 valence electrons. The van der Waals surface area contributed by atoms with Gasteiger partial charge in [0.15, 0.2) is 5.16 Å². The van der Waals surface area contributed by atoms with E-state index in [4.69, 9.17) is 10.00 Å². The highest BCUT2D eigenvalue weighted by atomic mass is 32.2. The smallest absolute Gasteiger partial charge is 0.234 e. The molecule has 3 aromatic rings. The van der Waals surface area contributed by atoms with Gasteiger partial charge in [-0.15, -0.1) is 10.2 Å². The maximum absolute atomic E-state index is 12.4. The second kappa shape index (κ2) is 10.4. The van der Waals surface area contributed by atoms with Gasteiger partial charge in [0.05, 0.1) is 23.6 Å². The Bertz CT molecular complexity index is 998. The molecule has 0 aliphatic carbocycles. The molecule has 1 amide bonds. The van der Waals surface area contributed by atoms with Crippen LogP contribution in [0.1, 0.15) is 17.0 Å². The van der Waals surface area contributed by atoms with E-state index < -0.39 is 0 Å². The Morgan fingerprint density at radius 3 is 2.69 bits per heavy atom. The molecule has 0 aliphatic rings. The fourth-order valence-electron chi connectivity index (χ4n) is 2.75. The van der Waals surface area contributed by atoms with E-state index in [1.54, 1.807) is 31.4 Å². The predicted octanol–water partition coefficient (Wildman–Crippen LogP) is 3.12. The summed E-state index contributed by atoms with van der Waals surface area (Å²) in [5, 5.41) is 21.2. The van der Waals surface area contributed by atoms with Gasteiger partial charge in [-0.3, -0.25) is 4.79 Å². The number of amides is 1. The predicted molar refractivity (Wildman–Crippen MR) is 112 cm³/mol. The largest absolute Gasteiger partial charge is 0.383 e. The summed E-state index contributed by atoms with van der Waals surface area (Å²) < 4.78 is 7.19. The first-order chi connectivity index (χ1) is 14.2. The van der Waals surface area contributed by atoms with E-state index in [-0.39, 0.29) is 11.7 Å². The molecule has 3 rings (SSSR count). The SMILES string of the molecule is COCCn1c(Cc2ccccc2)nnc1SCC(=O)Nc1ccccc1C#N. The molecule has 0 saturated carbocycles. The maximum atomic E-state index is 12.4. The van der Waals surface area contributed by atoms with E-state index in [1.807, 2.05) is 34.9 Å². The average Bonchev–Trinajstić information content (AvgIpc) is 3.13. The van der Waals surface area contributed by atoms with Crippen LogP contribution in [0.15, 0.2) is 59.8 Å². The van der Waals surface area contributed by atoms with Crippen LogP contribution in [0.5, 0.6) is 0 Å². The molecule has 0 fully saturated rings. The zero-order chi connectivity index (χ0) is 20.5. The number of carbonyl (C=O) groups is 1. The van der Waals surface area contributed by atoms with Crippen LogP contribution in [0.25, 0.3) is 0 Å². The van der Waals surface area contributed by atoms with Crippen molar-refractivity contribution >= 4 is 23.4 Å². The van der Waals surface area contributed by atoms with Gasteiger partial charge in [-0.1, -0.05) is 54.2 Å². The number of benzene rings is 2. The van der Waals surface area contributed by atoms with Crippen molar-refractivity contribution in [2.45, 2.75) is 18.1 Å². The number of rotatable bonds is 9. The fourth-order valence-corrected chi connectivity index (χ4v) is 3.53. The van der Waals surface area contributed by atoms with Gasteiger partial charge in [0, 0.05) is 20.1 Å². The summed E-state index contributed by atoms with van der Waals surface area (Å²) in [6.45, 7) is 1.13. The molecular weight excluding hydrogens is 386 g/mol. The third-order valence-electron chi connectivity index (χ3n) is 4.17. The molecule has 0 unspecified atom stereocenters. The van der Waals surface area contributed by atoms with Gasteiger partial charge in [0.2, 0.25) is 5.91 Å². The normalized spacial score (nSPS) is 10.5. The van der Waals surface area contributed by atoms with Crippen LogP contribution >= 0.6 is 11.8 Å². The van der Waals surface area contributed by atoms with E-state index in [0.717, 1.165) is 11.4 Å². The minimum atomic E-state index is -0.205. The molecule has 0 aliphatic heterocycles. The lowest BCUT2D eigenvalue weighted by molar-refractivity contribution is -0.113. The first kappa shape index (κ1) is 20.6. The first-order valence-corrected chi connectivity index (χ1v) is 10.1. The maximum Gasteiger partial charge on any atom is 0.234 e. The quantitative estimate of drug-likeness (QED) is 0.548. The van der Waals surface area contributed by atoms with Gasteiger partial charge < -0.3 is 14.6 Å². The Hall–Kier alpha value is -3.15. The van der Waals surface area contributed by atoms with Gasteiger partial charge in [0.1, 0.15) is 11.9 Å². The average molecular weight is 407 g/mol. The van der Waals surface area contributed by atoms with Crippen LogP contribution in [0.2, 0.25) is 0 Å². The number of anilines is 1. The third-order valence-corrected chi connectivity index (χ3v) is 5.14. The van der Waals surface area contributed by atoms with Crippen LogP contribution in [0.4, 0.5) is 5.69 Å². The van der Waals surface area contributed by atoms with E-state index in [1.165, 1.54) is 11.8 Å². The topological polar surface area (TPSA) is 92.8 Å². The Labute approximate surface area is 173 Å². The first-order valence-electron chi connectivity index (χ1n) is 9.08. The molecule has 1 heterocycles. The summed E-state index contributed by atoms with van der Waals surface area (Å²) in [7, 11) is 1.65. The summed E-state index contributed by atoms with van der Waals surface area (Å²) in [5.74, 6) is 0.783. The molecule has 8 heteroatoms. The molecule has 0 radical (unpaired) electrons. The molecule has 0 saturated heterocycles. The summed E-state index contributed by atoms with van der Waals surface area (Å²) in [4.78, 5) is 12.4. The van der Waals surface area contributed by atoms with Crippen molar-refractivity contribution in [1.29, 1.82) is 5.26 Å². The molecule has 2 aromatic carbocycles. The van der Waals surface area contributed by atoms with Gasteiger partial charge in [-0.2, -0.15) is 5.26 Å². The molecule has 7 nitrogen and oxygen atoms in total. The van der Waals surface area contributed by atoms with Gasteiger partial charge in [0.25, 0.3) is 0 Å². The van der Waals surface area contributed by atoms with Crippen LogP contribution in [-0.4, -0.2) is 40.1 Å². The Balaban J connectivity index is 1.68. The molecule has 1 N–H and O–H groups in total. The lowest BCUT2D eigenvalue weighted by atomic mass is 10.1. The molecule has 0 atom stereocenters. The van der Waals surface area contributed by atoms with Crippen LogP contribution < -0.4 is 5.32 Å². The van der Waals surface area contributed by atoms with Crippen molar-refractivity contribution in [2.75, 3.05) is 24.8 Å². The van der Waals surface area contributed by atoms with Gasteiger partial charge >= 0.3 is 0 Å². The Morgan fingerprint density at radius 1 is 1.17 bits per heavy atom. The zero-order valence-electron chi connectivity index (χ0n) is 16.0. The van der Waals surface area contributed by atoms with E-state index >= 15 is 0 Å². The monoisotopic (exact) mass is 407 g/mol. The van der Waals surface area contributed by atoms with E-state index in [0.29, 0.717) is 36.0 Å². The summed E-state index contributed by atoms with van der Waals surface area (Å²) in [6.07, 6.45) is 0.653. The second-order valence-corrected chi connectivity index (χ2v) is 7.14. The highest BCUT2D eigenvalue weighted by Crippen LogP contribution is 2.20. The summed E-state index contributed by atoms with van der Waals surface area (Å²) in [6, 6.07) is 19.0. The third kappa shape index (κ3) is 5.67. The lowest BCUT2D eigenvalue weighted by Crippen LogP contribution is -2.16. The number of methoxy groups -OCH3 is 1. The number of nitriles is 1. The number of carbonyl (C=O) groups excluding carboxylic acids is 1. The van der Waals surface area contributed by atoms with Crippen LogP contribution in [-0.2, 0) is 22.5 Å². The molecule has 0 bridgehead atoms. The van der Waals surface area contributed by atoms with Gasteiger partial charge in [-0.05, 0) is 17.7 Å². The fraction of sp³-hybridized carbons (Fsp3) is 0.238. The number of hydrogen-bond acceptors (Lipinski definition) is 6. The number of ether oxygens (including phenoxy) is 1. The molecular formula is C21H21N5O2S. The lowest BCUT2D eigenvalue weighted by Gasteiger charge is -2.10. The summed E-state index contributed by atoms with van der Waals surface area (Å²) in [5.41, 5.74) is 2.08. The number of nitrogens with one attached hydrogen (secondary N) is 1. The molecule has 1 aromatic heterocycles. The Kier molecular flexibility index (Phi) is 7.39. The van der Waals surface area contributed by atoms with Crippen LogP contribution in [0.3, 0.4) is 0 Å². The number of thioether (sulfide) groups is 1. The number of para-hydroxylation sites is 1. The highest BCUT2D eigenvalue weighted by molar-refractivity contribution is 7.99. The minimum Gasteiger partial charge on any atom is -0.383 e. The van der Waals surface area contributed by atoms with E-state index in [2.05, 4.69) is 21.6 Å². The van der Waals surface area contributed by atoms with Gasteiger partial charge in [-0.25, -0.2) is 0 Å². The van der Waals surface area contributed by atoms with Crippen molar-refractivity contribution in [3.8, 4) is 6.07 Å².